The molecule has 20 heavy (non-hydrogen) atoms. The first kappa shape index (κ1) is 15.7. The lowest BCUT2D eigenvalue weighted by Crippen LogP contribution is -2.38. The first-order valence-corrected chi connectivity index (χ1v) is 8.76. The summed E-state index contributed by atoms with van der Waals surface area (Å²) in [5.41, 5.74) is 0.679. The predicted octanol–water partition coefficient (Wildman–Crippen LogP) is 4.36. The summed E-state index contributed by atoms with van der Waals surface area (Å²) in [6.45, 7) is 7.65. The van der Waals surface area contributed by atoms with Crippen molar-refractivity contribution in [2.24, 2.45) is 5.92 Å². The van der Waals surface area contributed by atoms with E-state index < -0.39 is 5.60 Å². The first-order chi connectivity index (χ1) is 9.46. The minimum absolute atomic E-state index is 0.513. The third kappa shape index (κ3) is 4.70. The Hall–Kier alpha value is -0.680. The van der Waals surface area contributed by atoms with Crippen LogP contribution in [0.15, 0.2) is 29.0 Å². The van der Waals surface area contributed by atoms with Crippen molar-refractivity contribution in [2.75, 3.05) is 6.54 Å². The van der Waals surface area contributed by atoms with E-state index in [1.165, 1.54) is 15.3 Å². The van der Waals surface area contributed by atoms with Gasteiger partial charge in [0.25, 0.3) is 0 Å². The van der Waals surface area contributed by atoms with Crippen molar-refractivity contribution < 1.29 is 5.11 Å². The highest BCUT2D eigenvalue weighted by atomic mass is 32.1. The quantitative estimate of drug-likeness (QED) is 0.796. The molecule has 2 heterocycles. The summed E-state index contributed by atoms with van der Waals surface area (Å²) in [4.78, 5) is 2.63. The van der Waals surface area contributed by atoms with E-state index in [0.29, 0.717) is 12.5 Å². The van der Waals surface area contributed by atoms with Crippen LogP contribution in [-0.4, -0.2) is 17.3 Å². The zero-order chi connectivity index (χ0) is 14.6. The Labute approximate surface area is 129 Å². The zero-order valence-electron chi connectivity index (χ0n) is 12.3. The maximum Gasteiger partial charge on any atom is 0.0746 e. The molecule has 0 aliphatic heterocycles. The SMILES string of the molecule is CC(C)CC(C)(O)CNCc1cc(-c2cccs2)cs1. The molecule has 110 valence electrons. The Morgan fingerprint density at radius 2 is 2.15 bits per heavy atom. The standard InChI is InChI=1S/C16H23NOS2/c1-12(2)8-16(3,18)11-17-9-14-7-13(10-20-14)15-5-4-6-19-15/h4-7,10,12,17-18H,8-9,11H2,1-3H3. The van der Waals surface area contributed by atoms with Gasteiger partial charge in [-0.25, -0.2) is 0 Å². The molecular weight excluding hydrogens is 286 g/mol. The average Bonchev–Trinajstić information content (AvgIpc) is 2.96. The van der Waals surface area contributed by atoms with Crippen LogP contribution in [0, 0.1) is 5.92 Å². The van der Waals surface area contributed by atoms with Gasteiger partial charge in [-0.05, 0) is 42.2 Å². The lowest BCUT2D eigenvalue weighted by molar-refractivity contribution is 0.0384. The summed E-state index contributed by atoms with van der Waals surface area (Å²) in [5.74, 6) is 0.513. The second-order valence-electron chi connectivity index (χ2n) is 5.98. The van der Waals surface area contributed by atoms with Gasteiger partial charge >= 0.3 is 0 Å². The van der Waals surface area contributed by atoms with Crippen LogP contribution >= 0.6 is 22.7 Å². The van der Waals surface area contributed by atoms with E-state index in [4.69, 9.17) is 0 Å². The van der Waals surface area contributed by atoms with Crippen LogP contribution in [0.1, 0.15) is 32.1 Å². The highest BCUT2D eigenvalue weighted by molar-refractivity contribution is 7.14. The molecule has 2 N–H and O–H groups in total. The summed E-state index contributed by atoms with van der Waals surface area (Å²) < 4.78 is 0. The van der Waals surface area contributed by atoms with Crippen LogP contribution in [0.3, 0.4) is 0 Å². The van der Waals surface area contributed by atoms with Crippen molar-refractivity contribution in [3.63, 3.8) is 0 Å². The lowest BCUT2D eigenvalue weighted by Gasteiger charge is -2.25. The van der Waals surface area contributed by atoms with Crippen LogP contribution in [-0.2, 0) is 6.54 Å². The summed E-state index contributed by atoms with van der Waals surface area (Å²) >= 11 is 3.55. The molecule has 0 aromatic carbocycles. The molecule has 0 spiro atoms. The van der Waals surface area contributed by atoms with Gasteiger partial charge in [0.05, 0.1) is 5.60 Å². The van der Waals surface area contributed by atoms with Crippen LogP contribution < -0.4 is 5.32 Å². The van der Waals surface area contributed by atoms with Crippen LogP contribution in [0.5, 0.6) is 0 Å². The molecule has 0 radical (unpaired) electrons. The minimum atomic E-state index is -0.623. The molecule has 2 aromatic heterocycles. The monoisotopic (exact) mass is 309 g/mol. The fourth-order valence-corrected chi connectivity index (χ4v) is 4.10. The topological polar surface area (TPSA) is 32.3 Å². The molecule has 2 aromatic rings. The average molecular weight is 310 g/mol. The second kappa shape index (κ2) is 6.85. The number of hydrogen-bond acceptors (Lipinski definition) is 4. The molecule has 0 aliphatic rings. The van der Waals surface area contributed by atoms with Crippen LogP contribution in [0.4, 0.5) is 0 Å². The Morgan fingerprint density at radius 3 is 2.80 bits per heavy atom. The lowest BCUT2D eigenvalue weighted by atomic mass is 9.94. The number of rotatable bonds is 7. The van der Waals surface area contributed by atoms with E-state index in [-0.39, 0.29) is 0 Å². The van der Waals surface area contributed by atoms with Crippen molar-refractivity contribution in [1.29, 1.82) is 0 Å². The molecule has 0 saturated carbocycles. The highest BCUT2D eigenvalue weighted by Gasteiger charge is 2.21. The van der Waals surface area contributed by atoms with Gasteiger partial charge < -0.3 is 10.4 Å². The summed E-state index contributed by atoms with van der Waals surface area (Å²) in [6.07, 6.45) is 0.824. The third-order valence-corrected chi connectivity index (χ3v) is 4.97. The van der Waals surface area contributed by atoms with Crippen molar-refractivity contribution in [3.05, 3.63) is 33.8 Å². The van der Waals surface area contributed by atoms with Crippen molar-refractivity contribution in [3.8, 4) is 10.4 Å². The van der Waals surface area contributed by atoms with Gasteiger partial charge in [-0.3, -0.25) is 0 Å². The van der Waals surface area contributed by atoms with E-state index in [2.05, 4.69) is 48.1 Å². The van der Waals surface area contributed by atoms with Crippen LogP contribution in [0.25, 0.3) is 10.4 Å². The fraction of sp³-hybridized carbons (Fsp3) is 0.500. The smallest absolute Gasteiger partial charge is 0.0746 e. The fourth-order valence-electron chi connectivity index (χ4n) is 2.45. The highest BCUT2D eigenvalue weighted by Crippen LogP contribution is 2.29. The molecular formula is C16H23NOS2. The molecule has 0 fully saturated rings. The van der Waals surface area contributed by atoms with Crippen molar-refractivity contribution in [1.82, 2.24) is 5.32 Å². The van der Waals surface area contributed by atoms with E-state index in [0.717, 1.165) is 13.0 Å². The van der Waals surface area contributed by atoms with Gasteiger partial charge in [-0.2, -0.15) is 0 Å². The van der Waals surface area contributed by atoms with E-state index in [1.54, 1.807) is 22.7 Å². The maximum atomic E-state index is 10.3. The molecule has 0 bridgehead atoms. The Bertz CT molecular complexity index is 514. The second-order valence-corrected chi connectivity index (χ2v) is 7.92. The summed E-state index contributed by atoms with van der Waals surface area (Å²) in [5, 5.41) is 17.9. The minimum Gasteiger partial charge on any atom is -0.389 e. The first-order valence-electron chi connectivity index (χ1n) is 7.01. The van der Waals surface area contributed by atoms with Gasteiger partial charge in [0, 0.05) is 28.4 Å². The molecule has 4 heteroatoms. The molecule has 1 atom stereocenters. The molecule has 2 rings (SSSR count). The van der Waals surface area contributed by atoms with E-state index in [9.17, 15) is 5.11 Å². The molecule has 0 aliphatic carbocycles. The van der Waals surface area contributed by atoms with Gasteiger partial charge in [-0.1, -0.05) is 19.9 Å². The van der Waals surface area contributed by atoms with Gasteiger partial charge in [0.15, 0.2) is 0 Å². The number of aliphatic hydroxyl groups is 1. The molecule has 2 nitrogen and oxygen atoms in total. The van der Waals surface area contributed by atoms with E-state index >= 15 is 0 Å². The van der Waals surface area contributed by atoms with Crippen molar-refractivity contribution in [2.45, 2.75) is 39.3 Å². The summed E-state index contributed by atoms with van der Waals surface area (Å²) in [6, 6.07) is 6.47. The van der Waals surface area contributed by atoms with Crippen LogP contribution in [0.2, 0.25) is 0 Å². The third-order valence-electron chi connectivity index (χ3n) is 3.11. The normalized spacial score (nSPS) is 14.7. The number of hydrogen-bond donors (Lipinski definition) is 2. The Kier molecular flexibility index (Phi) is 5.38. The number of nitrogens with one attached hydrogen (secondary N) is 1. The number of thiophene rings is 2. The molecule has 0 saturated heterocycles. The molecule has 0 amide bonds. The van der Waals surface area contributed by atoms with Gasteiger partial charge in [0.1, 0.15) is 0 Å². The van der Waals surface area contributed by atoms with Gasteiger partial charge in [-0.15, -0.1) is 22.7 Å². The van der Waals surface area contributed by atoms with E-state index in [1.807, 2.05) is 6.92 Å². The zero-order valence-corrected chi connectivity index (χ0v) is 14.0. The Morgan fingerprint density at radius 1 is 1.35 bits per heavy atom. The maximum absolute atomic E-state index is 10.3. The summed E-state index contributed by atoms with van der Waals surface area (Å²) in [7, 11) is 0. The Balaban J connectivity index is 1.83. The van der Waals surface area contributed by atoms with Gasteiger partial charge in [0.2, 0.25) is 0 Å². The van der Waals surface area contributed by atoms with Crippen molar-refractivity contribution >= 4 is 22.7 Å². The predicted molar refractivity (Wildman–Crippen MR) is 89.4 cm³/mol. The largest absolute Gasteiger partial charge is 0.389 e. The molecule has 1 unspecified atom stereocenters.